The van der Waals surface area contributed by atoms with Gasteiger partial charge in [-0.15, -0.1) is 0 Å². The van der Waals surface area contributed by atoms with Crippen LogP contribution in [0, 0.1) is 12.7 Å². The summed E-state index contributed by atoms with van der Waals surface area (Å²) in [4.78, 5) is 11.9. The maximum absolute atomic E-state index is 12.8. The molecule has 2 rings (SSSR count). The Morgan fingerprint density at radius 1 is 1.18 bits per heavy atom. The van der Waals surface area contributed by atoms with Crippen molar-refractivity contribution in [1.82, 2.24) is 5.32 Å². The maximum Gasteiger partial charge on any atom is 0.319 e. The summed E-state index contributed by atoms with van der Waals surface area (Å²) < 4.78 is 18.0. The fourth-order valence-corrected chi connectivity index (χ4v) is 2.04. The molecule has 0 atom stereocenters. The van der Waals surface area contributed by atoms with Crippen LogP contribution in [0.1, 0.15) is 11.1 Å². The third-order valence-electron chi connectivity index (χ3n) is 3.22. The van der Waals surface area contributed by atoms with Crippen molar-refractivity contribution in [2.24, 2.45) is 0 Å². The molecular formula is C17H19FN2O2. The van der Waals surface area contributed by atoms with Crippen molar-refractivity contribution in [1.29, 1.82) is 0 Å². The Labute approximate surface area is 129 Å². The number of carbonyl (C=O) groups is 1. The van der Waals surface area contributed by atoms with E-state index < -0.39 is 0 Å². The van der Waals surface area contributed by atoms with Gasteiger partial charge in [-0.1, -0.05) is 18.2 Å². The van der Waals surface area contributed by atoms with E-state index in [1.165, 1.54) is 12.1 Å². The summed E-state index contributed by atoms with van der Waals surface area (Å²) in [7, 11) is 1.56. The monoisotopic (exact) mass is 302 g/mol. The van der Waals surface area contributed by atoms with E-state index in [1.54, 1.807) is 25.3 Å². The quantitative estimate of drug-likeness (QED) is 0.888. The Hall–Kier alpha value is -2.56. The zero-order valence-electron chi connectivity index (χ0n) is 12.7. The molecule has 0 unspecified atom stereocenters. The lowest BCUT2D eigenvalue weighted by Crippen LogP contribution is -2.30. The minimum absolute atomic E-state index is 0.263. The molecule has 2 N–H and O–H groups in total. The van der Waals surface area contributed by atoms with Gasteiger partial charge in [0.2, 0.25) is 0 Å². The van der Waals surface area contributed by atoms with E-state index in [2.05, 4.69) is 10.6 Å². The summed E-state index contributed by atoms with van der Waals surface area (Å²) in [5.41, 5.74) is 2.64. The van der Waals surface area contributed by atoms with Crippen molar-refractivity contribution in [3.8, 4) is 5.75 Å². The number of carbonyl (C=O) groups excluding carboxylic acids is 1. The normalized spacial score (nSPS) is 10.1. The molecule has 2 aromatic carbocycles. The summed E-state index contributed by atoms with van der Waals surface area (Å²) in [5.74, 6) is 0.356. The van der Waals surface area contributed by atoms with Gasteiger partial charge in [-0.25, -0.2) is 9.18 Å². The molecule has 0 saturated heterocycles. The van der Waals surface area contributed by atoms with Gasteiger partial charge in [0.1, 0.15) is 11.6 Å². The standard InChI is InChI=1S/C17H19FN2O2/c1-12-3-8-15(16(11-12)22-2)20-17(21)19-10-9-13-4-6-14(18)7-5-13/h3-8,11H,9-10H2,1-2H3,(H2,19,20,21). The molecule has 0 radical (unpaired) electrons. The van der Waals surface area contributed by atoms with Gasteiger partial charge in [-0.2, -0.15) is 0 Å². The van der Waals surface area contributed by atoms with E-state index in [0.717, 1.165) is 11.1 Å². The molecule has 0 spiro atoms. The first-order valence-corrected chi connectivity index (χ1v) is 7.02. The van der Waals surface area contributed by atoms with Crippen LogP contribution in [0.5, 0.6) is 5.75 Å². The van der Waals surface area contributed by atoms with E-state index in [4.69, 9.17) is 4.74 Å². The molecule has 116 valence electrons. The Kier molecular flexibility index (Phi) is 5.36. The first kappa shape index (κ1) is 15.8. The molecule has 2 amide bonds. The van der Waals surface area contributed by atoms with Crippen LogP contribution in [0.15, 0.2) is 42.5 Å². The zero-order valence-corrected chi connectivity index (χ0v) is 12.7. The molecule has 0 aliphatic heterocycles. The maximum atomic E-state index is 12.8. The van der Waals surface area contributed by atoms with Crippen molar-refractivity contribution in [2.75, 3.05) is 19.0 Å². The molecule has 4 nitrogen and oxygen atoms in total. The topological polar surface area (TPSA) is 50.4 Å². The zero-order chi connectivity index (χ0) is 15.9. The second-order valence-electron chi connectivity index (χ2n) is 4.96. The Morgan fingerprint density at radius 2 is 1.91 bits per heavy atom. The van der Waals surface area contributed by atoms with Gasteiger partial charge >= 0.3 is 6.03 Å². The molecule has 22 heavy (non-hydrogen) atoms. The van der Waals surface area contributed by atoms with Crippen molar-refractivity contribution < 1.29 is 13.9 Å². The van der Waals surface area contributed by atoms with Crippen LogP contribution < -0.4 is 15.4 Å². The predicted octanol–water partition coefficient (Wildman–Crippen LogP) is 3.51. The summed E-state index contributed by atoms with van der Waals surface area (Å²) in [6, 6.07) is 11.5. The van der Waals surface area contributed by atoms with Gasteiger partial charge < -0.3 is 15.4 Å². The molecule has 0 aromatic heterocycles. The highest BCUT2D eigenvalue weighted by atomic mass is 19.1. The number of amides is 2. The molecule has 0 bridgehead atoms. The highest BCUT2D eigenvalue weighted by Gasteiger charge is 2.07. The fourth-order valence-electron chi connectivity index (χ4n) is 2.04. The van der Waals surface area contributed by atoms with E-state index in [1.807, 2.05) is 19.1 Å². The smallest absolute Gasteiger partial charge is 0.319 e. The summed E-state index contributed by atoms with van der Waals surface area (Å²) >= 11 is 0. The Morgan fingerprint density at radius 3 is 2.59 bits per heavy atom. The van der Waals surface area contributed by atoms with Gasteiger partial charge in [-0.05, 0) is 48.7 Å². The van der Waals surface area contributed by atoms with Gasteiger partial charge in [0, 0.05) is 6.54 Å². The van der Waals surface area contributed by atoms with Gasteiger partial charge in [0.05, 0.1) is 12.8 Å². The number of halogens is 1. The van der Waals surface area contributed by atoms with E-state index in [-0.39, 0.29) is 11.8 Å². The number of aryl methyl sites for hydroxylation is 1. The number of hydrogen-bond acceptors (Lipinski definition) is 2. The number of anilines is 1. The van der Waals surface area contributed by atoms with Crippen molar-refractivity contribution in [3.63, 3.8) is 0 Å². The molecule has 0 saturated carbocycles. The van der Waals surface area contributed by atoms with Crippen LogP contribution in [-0.4, -0.2) is 19.7 Å². The average Bonchev–Trinajstić information content (AvgIpc) is 2.51. The number of hydrogen-bond donors (Lipinski definition) is 2. The lowest BCUT2D eigenvalue weighted by molar-refractivity contribution is 0.252. The highest BCUT2D eigenvalue weighted by Crippen LogP contribution is 2.24. The lowest BCUT2D eigenvalue weighted by Gasteiger charge is -2.12. The number of rotatable bonds is 5. The van der Waals surface area contributed by atoms with Gasteiger partial charge in [0.25, 0.3) is 0 Å². The Balaban J connectivity index is 1.84. The van der Waals surface area contributed by atoms with E-state index >= 15 is 0 Å². The largest absolute Gasteiger partial charge is 0.495 e. The lowest BCUT2D eigenvalue weighted by atomic mass is 10.1. The number of urea groups is 1. The third kappa shape index (κ3) is 4.48. The predicted molar refractivity (Wildman–Crippen MR) is 84.9 cm³/mol. The fraction of sp³-hybridized carbons (Fsp3) is 0.235. The molecule has 2 aromatic rings. The number of methoxy groups -OCH3 is 1. The minimum Gasteiger partial charge on any atom is -0.495 e. The van der Waals surface area contributed by atoms with E-state index in [9.17, 15) is 9.18 Å². The molecule has 0 aliphatic rings. The minimum atomic E-state index is -0.302. The molecule has 0 aliphatic carbocycles. The molecule has 5 heteroatoms. The first-order valence-electron chi connectivity index (χ1n) is 7.02. The van der Waals surface area contributed by atoms with Crippen LogP contribution >= 0.6 is 0 Å². The number of benzene rings is 2. The van der Waals surface area contributed by atoms with Crippen molar-refractivity contribution in [3.05, 3.63) is 59.4 Å². The SMILES string of the molecule is COc1cc(C)ccc1NC(=O)NCCc1ccc(F)cc1. The van der Waals surface area contributed by atoms with Crippen molar-refractivity contribution >= 4 is 11.7 Å². The Bertz CT molecular complexity index is 642. The summed E-state index contributed by atoms with van der Waals surface area (Å²) in [5, 5.41) is 5.51. The van der Waals surface area contributed by atoms with Crippen LogP contribution in [0.3, 0.4) is 0 Å². The summed E-state index contributed by atoms with van der Waals surface area (Å²) in [6.07, 6.45) is 0.638. The number of ether oxygens (including phenoxy) is 1. The van der Waals surface area contributed by atoms with Crippen LogP contribution in [0.4, 0.5) is 14.9 Å². The second kappa shape index (κ2) is 7.45. The van der Waals surface area contributed by atoms with Crippen LogP contribution in [0.25, 0.3) is 0 Å². The van der Waals surface area contributed by atoms with E-state index in [0.29, 0.717) is 24.4 Å². The third-order valence-corrected chi connectivity index (χ3v) is 3.22. The average molecular weight is 302 g/mol. The number of nitrogens with one attached hydrogen (secondary N) is 2. The molecule has 0 heterocycles. The second-order valence-corrected chi connectivity index (χ2v) is 4.96. The van der Waals surface area contributed by atoms with Gasteiger partial charge in [0.15, 0.2) is 0 Å². The molecule has 0 fully saturated rings. The van der Waals surface area contributed by atoms with Crippen LogP contribution in [0.2, 0.25) is 0 Å². The summed E-state index contributed by atoms with van der Waals surface area (Å²) in [6.45, 7) is 2.42. The molecular weight excluding hydrogens is 283 g/mol. The first-order chi connectivity index (χ1) is 10.6. The van der Waals surface area contributed by atoms with Crippen LogP contribution in [-0.2, 0) is 6.42 Å². The van der Waals surface area contributed by atoms with Gasteiger partial charge in [-0.3, -0.25) is 0 Å². The highest BCUT2D eigenvalue weighted by molar-refractivity contribution is 5.90. The van der Waals surface area contributed by atoms with Crippen molar-refractivity contribution in [2.45, 2.75) is 13.3 Å².